The highest BCUT2D eigenvalue weighted by Crippen LogP contribution is 2.32. The first-order valence-electron chi connectivity index (χ1n) is 12.9. The van der Waals surface area contributed by atoms with Gasteiger partial charge in [0.1, 0.15) is 12.4 Å². The first-order valence-corrected chi connectivity index (χ1v) is 12.9. The highest BCUT2D eigenvalue weighted by molar-refractivity contribution is 5.28. The molecule has 3 heteroatoms. The molecular formula is C28H44O3. The van der Waals surface area contributed by atoms with Crippen LogP contribution in [0.3, 0.4) is 0 Å². The van der Waals surface area contributed by atoms with Gasteiger partial charge in [-0.25, -0.2) is 0 Å². The van der Waals surface area contributed by atoms with Gasteiger partial charge >= 0.3 is 0 Å². The molecule has 1 saturated heterocycles. The molecule has 0 amide bonds. The maximum absolute atomic E-state index is 5.99. The van der Waals surface area contributed by atoms with Crippen molar-refractivity contribution in [2.75, 3.05) is 19.8 Å². The van der Waals surface area contributed by atoms with Gasteiger partial charge in [-0.2, -0.15) is 0 Å². The number of unbranched alkanes of at least 4 members (excludes halogenated alkanes) is 3. The summed E-state index contributed by atoms with van der Waals surface area (Å²) in [6, 6.07) is 8.20. The van der Waals surface area contributed by atoms with Gasteiger partial charge in [-0.3, -0.25) is 0 Å². The van der Waals surface area contributed by atoms with Crippen LogP contribution in [0.25, 0.3) is 0 Å². The molecule has 2 aliphatic rings. The van der Waals surface area contributed by atoms with E-state index in [1.807, 2.05) is 12.1 Å². The fourth-order valence-corrected chi connectivity index (χ4v) is 4.95. The molecule has 174 valence electrons. The zero-order valence-electron chi connectivity index (χ0n) is 19.9. The maximum atomic E-state index is 5.99. The molecule has 1 aliphatic heterocycles. The van der Waals surface area contributed by atoms with Crippen molar-refractivity contribution in [3.05, 3.63) is 42.0 Å². The topological polar surface area (TPSA) is 27.7 Å². The van der Waals surface area contributed by atoms with Crippen LogP contribution >= 0.6 is 0 Å². The van der Waals surface area contributed by atoms with Gasteiger partial charge in [0, 0.05) is 11.5 Å². The van der Waals surface area contributed by atoms with E-state index < -0.39 is 0 Å². The van der Waals surface area contributed by atoms with Crippen molar-refractivity contribution in [3.63, 3.8) is 0 Å². The summed E-state index contributed by atoms with van der Waals surface area (Å²) in [4.78, 5) is 0. The van der Waals surface area contributed by atoms with Crippen LogP contribution in [0.1, 0.15) is 96.3 Å². The first-order chi connectivity index (χ1) is 15.3. The second-order valence-corrected chi connectivity index (χ2v) is 9.59. The van der Waals surface area contributed by atoms with E-state index in [1.54, 1.807) is 0 Å². The van der Waals surface area contributed by atoms with Gasteiger partial charge in [-0.05, 0) is 56.1 Å². The van der Waals surface area contributed by atoms with E-state index in [1.165, 1.54) is 70.6 Å². The molecule has 1 aliphatic carbocycles. The molecule has 3 nitrogen and oxygen atoms in total. The van der Waals surface area contributed by atoms with Crippen molar-refractivity contribution in [1.82, 2.24) is 0 Å². The molecule has 0 atom stereocenters. The molecule has 2 fully saturated rings. The number of ether oxygens (including phenoxy) is 3. The number of hydrogen-bond donors (Lipinski definition) is 0. The molecule has 3 rings (SSSR count). The Morgan fingerprint density at radius 3 is 2.26 bits per heavy atom. The summed E-state index contributed by atoms with van der Waals surface area (Å²) in [6.45, 7) is 6.81. The third-order valence-corrected chi connectivity index (χ3v) is 6.93. The number of benzene rings is 1. The minimum Gasteiger partial charge on any atom is -0.490 e. The normalized spacial score (nSPS) is 26.9. The largest absolute Gasteiger partial charge is 0.490 e. The zero-order chi connectivity index (χ0) is 21.7. The predicted molar refractivity (Wildman–Crippen MR) is 128 cm³/mol. The summed E-state index contributed by atoms with van der Waals surface area (Å²) < 4.78 is 17.9. The third-order valence-electron chi connectivity index (χ3n) is 6.93. The van der Waals surface area contributed by atoms with E-state index in [4.69, 9.17) is 14.2 Å². The van der Waals surface area contributed by atoms with Crippen molar-refractivity contribution < 1.29 is 14.2 Å². The summed E-state index contributed by atoms with van der Waals surface area (Å²) in [5.74, 6) is 3.17. The van der Waals surface area contributed by atoms with Crippen LogP contribution in [0.5, 0.6) is 5.75 Å². The Balaban J connectivity index is 1.32. The van der Waals surface area contributed by atoms with Crippen LogP contribution in [0.15, 0.2) is 36.4 Å². The summed E-state index contributed by atoms with van der Waals surface area (Å²) in [5, 5.41) is 0. The molecule has 31 heavy (non-hydrogen) atoms. The summed E-state index contributed by atoms with van der Waals surface area (Å²) in [5.41, 5.74) is 1.08. The lowest BCUT2D eigenvalue weighted by Gasteiger charge is -2.29. The van der Waals surface area contributed by atoms with Gasteiger partial charge in [0.2, 0.25) is 0 Å². The van der Waals surface area contributed by atoms with Gasteiger partial charge in [0.25, 0.3) is 0 Å². The average Bonchev–Trinajstić information content (AvgIpc) is 2.82. The van der Waals surface area contributed by atoms with Crippen LogP contribution in [0.2, 0.25) is 0 Å². The van der Waals surface area contributed by atoms with Gasteiger partial charge in [0.05, 0.1) is 13.2 Å². The fraction of sp³-hybridized carbons (Fsp3) is 0.714. The van der Waals surface area contributed by atoms with Crippen LogP contribution in [0, 0.1) is 17.8 Å². The van der Waals surface area contributed by atoms with Crippen molar-refractivity contribution >= 4 is 0 Å². The Morgan fingerprint density at radius 1 is 0.839 bits per heavy atom. The number of allylic oxidation sites excluding steroid dienone is 1. The molecule has 1 aromatic rings. The van der Waals surface area contributed by atoms with E-state index in [-0.39, 0.29) is 6.29 Å². The van der Waals surface area contributed by atoms with Crippen molar-refractivity contribution in [3.8, 4) is 5.75 Å². The maximum Gasteiger partial charge on any atom is 0.183 e. The minimum atomic E-state index is -0.233. The Labute approximate surface area is 190 Å². The van der Waals surface area contributed by atoms with Crippen LogP contribution < -0.4 is 4.74 Å². The molecular weight excluding hydrogens is 384 g/mol. The lowest BCUT2D eigenvalue weighted by atomic mass is 9.80. The Kier molecular flexibility index (Phi) is 11.0. The second-order valence-electron chi connectivity index (χ2n) is 9.59. The van der Waals surface area contributed by atoms with Crippen molar-refractivity contribution in [1.29, 1.82) is 0 Å². The first kappa shape index (κ1) is 24.3. The molecule has 1 aromatic carbocycles. The summed E-state index contributed by atoms with van der Waals surface area (Å²) in [6.07, 6.45) is 19.0. The molecule has 1 heterocycles. The van der Waals surface area contributed by atoms with Gasteiger partial charge < -0.3 is 14.2 Å². The molecule has 1 saturated carbocycles. The van der Waals surface area contributed by atoms with E-state index in [0.717, 1.165) is 36.4 Å². The molecule has 0 radical (unpaired) electrons. The van der Waals surface area contributed by atoms with Crippen LogP contribution in [-0.4, -0.2) is 19.8 Å². The molecule has 0 aromatic heterocycles. The van der Waals surface area contributed by atoms with Crippen molar-refractivity contribution in [2.24, 2.45) is 17.8 Å². The van der Waals surface area contributed by atoms with E-state index in [9.17, 15) is 0 Å². The van der Waals surface area contributed by atoms with Crippen LogP contribution in [-0.2, 0) is 9.47 Å². The standard InChI is InChI=1S/C28H44O3/c1-3-5-6-7-10-25-21-30-28(31-22-25)26-16-18-27(19-17-26)29-20-8-11-24-14-12-23(9-4-2)13-15-24/h8,11,16-19,23-25,28H,3-7,9-10,12-15,20-22H2,1-2H3/b11-8+. The smallest absolute Gasteiger partial charge is 0.183 e. The quantitative estimate of drug-likeness (QED) is 0.250. The molecule has 0 unspecified atom stereocenters. The zero-order valence-corrected chi connectivity index (χ0v) is 19.9. The Bertz CT molecular complexity index is 608. The van der Waals surface area contributed by atoms with Gasteiger partial charge in [-0.15, -0.1) is 0 Å². The lowest BCUT2D eigenvalue weighted by Crippen LogP contribution is -2.27. The van der Waals surface area contributed by atoms with E-state index in [2.05, 4.69) is 38.1 Å². The monoisotopic (exact) mass is 428 g/mol. The molecule has 0 bridgehead atoms. The second kappa shape index (κ2) is 14.0. The predicted octanol–water partition coefficient (Wildman–Crippen LogP) is 7.86. The highest BCUT2D eigenvalue weighted by Gasteiger charge is 2.23. The number of rotatable bonds is 12. The van der Waals surface area contributed by atoms with Crippen molar-refractivity contribution in [2.45, 2.75) is 90.8 Å². The number of hydrogen-bond acceptors (Lipinski definition) is 3. The van der Waals surface area contributed by atoms with E-state index in [0.29, 0.717) is 12.5 Å². The van der Waals surface area contributed by atoms with Crippen LogP contribution in [0.4, 0.5) is 0 Å². The highest BCUT2D eigenvalue weighted by atomic mass is 16.7. The minimum absolute atomic E-state index is 0.233. The Morgan fingerprint density at radius 2 is 1.58 bits per heavy atom. The Hall–Kier alpha value is -1.32. The summed E-state index contributed by atoms with van der Waals surface area (Å²) in [7, 11) is 0. The third kappa shape index (κ3) is 8.61. The molecule has 0 N–H and O–H groups in total. The fourth-order valence-electron chi connectivity index (χ4n) is 4.95. The van der Waals surface area contributed by atoms with Gasteiger partial charge in [0.15, 0.2) is 6.29 Å². The lowest BCUT2D eigenvalue weighted by molar-refractivity contribution is -0.206. The summed E-state index contributed by atoms with van der Waals surface area (Å²) >= 11 is 0. The average molecular weight is 429 g/mol. The molecule has 0 spiro atoms. The van der Waals surface area contributed by atoms with Gasteiger partial charge in [-0.1, -0.05) is 76.7 Å². The SMILES string of the molecule is CCCCCCC1COC(c2ccc(OC/C=C/C3CCC(CCC)CC3)cc2)OC1. The van der Waals surface area contributed by atoms with E-state index >= 15 is 0 Å².